The molecule has 0 bridgehead atoms. The number of aliphatic hydroxyl groups excluding tert-OH is 1. The summed E-state index contributed by atoms with van der Waals surface area (Å²) in [6.07, 6.45) is 3.06. The van der Waals surface area contributed by atoms with Crippen LogP contribution in [0.25, 0.3) is 0 Å². The molecule has 1 aromatic rings. The molecule has 5 nitrogen and oxygen atoms in total. The van der Waals surface area contributed by atoms with Crippen molar-refractivity contribution in [2.24, 2.45) is 0 Å². The van der Waals surface area contributed by atoms with E-state index in [2.05, 4.69) is 15.6 Å². The van der Waals surface area contributed by atoms with Crippen LogP contribution in [0.4, 0.5) is 4.79 Å². The minimum absolute atomic E-state index is 0.146. The zero-order valence-corrected chi connectivity index (χ0v) is 12.2. The second kappa shape index (κ2) is 6.34. The third-order valence-corrected chi connectivity index (χ3v) is 4.58. The van der Waals surface area contributed by atoms with E-state index in [1.54, 1.807) is 11.3 Å². The minimum Gasteiger partial charge on any atom is -0.393 e. The molecule has 0 unspecified atom stereocenters. The van der Waals surface area contributed by atoms with Gasteiger partial charge in [0.1, 0.15) is 5.01 Å². The number of nitrogens with zero attached hydrogens (tertiary/aromatic N) is 1. The summed E-state index contributed by atoms with van der Waals surface area (Å²) in [6.45, 7) is 4.48. The molecule has 2 amide bonds. The molecule has 0 saturated heterocycles. The summed E-state index contributed by atoms with van der Waals surface area (Å²) in [7, 11) is 0. The predicted molar refractivity (Wildman–Crippen MR) is 75.2 cm³/mol. The Labute approximate surface area is 117 Å². The Balaban J connectivity index is 1.72. The van der Waals surface area contributed by atoms with Gasteiger partial charge in [-0.15, -0.1) is 11.3 Å². The van der Waals surface area contributed by atoms with E-state index in [1.165, 1.54) is 4.88 Å². The molecule has 1 aromatic heterocycles. The largest absolute Gasteiger partial charge is 0.393 e. The Kier molecular flexibility index (Phi) is 4.76. The fourth-order valence-electron chi connectivity index (χ4n) is 2.23. The van der Waals surface area contributed by atoms with Gasteiger partial charge in [0.2, 0.25) is 0 Å². The molecule has 6 heteroatoms. The maximum atomic E-state index is 11.7. The van der Waals surface area contributed by atoms with E-state index in [4.69, 9.17) is 0 Å². The van der Waals surface area contributed by atoms with Gasteiger partial charge in [-0.1, -0.05) is 0 Å². The van der Waals surface area contributed by atoms with Gasteiger partial charge in [-0.05, 0) is 39.5 Å². The van der Waals surface area contributed by atoms with Crippen molar-refractivity contribution in [2.45, 2.75) is 58.2 Å². The zero-order chi connectivity index (χ0) is 13.8. The Morgan fingerprint density at radius 1 is 1.37 bits per heavy atom. The number of hydrogen-bond donors (Lipinski definition) is 3. The monoisotopic (exact) mass is 283 g/mol. The molecule has 1 saturated carbocycles. The summed E-state index contributed by atoms with van der Waals surface area (Å²) in [5.74, 6) is 0. The van der Waals surface area contributed by atoms with Crippen molar-refractivity contribution >= 4 is 17.4 Å². The van der Waals surface area contributed by atoms with Crippen LogP contribution in [0.5, 0.6) is 0 Å². The van der Waals surface area contributed by atoms with Crippen LogP contribution in [-0.4, -0.2) is 28.3 Å². The fraction of sp³-hybridized carbons (Fsp3) is 0.692. The molecule has 1 aliphatic rings. The van der Waals surface area contributed by atoms with Crippen LogP contribution in [0.3, 0.4) is 0 Å². The van der Waals surface area contributed by atoms with Crippen LogP contribution in [0, 0.1) is 13.8 Å². The number of aryl methyl sites for hydroxylation is 2. The number of urea groups is 1. The fourth-order valence-corrected chi connectivity index (χ4v) is 3.10. The second-order valence-corrected chi connectivity index (χ2v) is 6.37. The van der Waals surface area contributed by atoms with Crippen molar-refractivity contribution in [2.75, 3.05) is 0 Å². The summed E-state index contributed by atoms with van der Waals surface area (Å²) in [5.41, 5.74) is 1.03. The lowest BCUT2D eigenvalue weighted by Crippen LogP contribution is -2.43. The van der Waals surface area contributed by atoms with Crippen LogP contribution in [-0.2, 0) is 6.54 Å². The van der Waals surface area contributed by atoms with Gasteiger partial charge in [0.05, 0.1) is 18.3 Å². The Morgan fingerprint density at radius 3 is 2.63 bits per heavy atom. The maximum absolute atomic E-state index is 11.7. The standard InChI is InChI=1S/C13H21N3O2S/c1-8-9(2)19-12(15-8)7-14-13(18)16-10-3-5-11(17)6-4-10/h10-11,17H,3-7H2,1-2H3,(H2,14,16,18). The Hall–Kier alpha value is -1.14. The van der Waals surface area contributed by atoms with Gasteiger partial charge in [-0.2, -0.15) is 0 Å². The van der Waals surface area contributed by atoms with Crippen LogP contribution in [0.1, 0.15) is 41.3 Å². The average Bonchev–Trinajstić information content (AvgIpc) is 2.69. The molecule has 1 heterocycles. The normalized spacial score (nSPS) is 23.1. The lowest BCUT2D eigenvalue weighted by atomic mass is 9.93. The number of rotatable bonds is 3. The molecule has 0 spiro atoms. The number of thiazole rings is 1. The smallest absolute Gasteiger partial charge is 0.315 e. The van der Waals surface area contributed by atoms with Crippen molar-refractivity contribution in [3.63, 3.8) is 0 Å². The Morgan fingerprint density at radius 2 is 2.05 bits per heavy atom. The lowest BCUT2D eigenvalue weighted by Gasteiger charge is -2.26. The van der Waals surface area contributed by atoms with Gasteiger partial charge in [0.25, 0.3) is 0 Å². The number of carbonyl (C=O) groups excluding carboxylic acids is 1. The van der Waals surface area contributed by atoms with Crippen molar-refractivity contribution < 1.29 is 9.90 Å². The van der Waals surface area contributed by atoms with Crippen molar-refractivity contribution in [1.29, 1.82) is 0 Å². The van der Waals surface area contributed by atoms with Gasteiger partial charge in [0.15, 0.2) is 0 Å². The number of aromatic nitrogens is 1. The number of amides is 2. The Bertz CT molecular complexity index is 420. The van der Waals surface area contributed by atoms with E-state index in [9.17, 15) is 9.90 Å². The minimum atomic E-state index is -0.192. The van der Waals surface area contributed by atoms with Crippen molar-refractivity contribution in [1.82, 2.24) is 15.6 Å². The van der Waals surface area contributed by atoms with E-state index in [0.29, 0.717) is 6.54 Å². The number of nitrogens with one attached hydrogen (secondary N) is 2. The molecule has 0 aliphatic heterocycles. The molecule has 0 atom stereocenters. The highest BCUT2D eigenvalue weighted by molar-refractivity contribution is 7.11. The first-order valence-electron chi connectivity index (χ1n) is 6.70. The highest BCUT2D eigenvalue weighted by Crippen LogP contribution is 2.18. The molecule has 106 valence electrons. The lowest BCUT2D eigenvalue weighted by molar-refractivity contribution is 0.117. The van der Waals surface area contributed by atoms with E-state index >= 15 is 0 Å². The molecule has 0 radical (unpaired) electrons. The third kappa shape index (κ3) is 4.18. The molecule has 0 aromatic carbocycles. The van der Waals surface area contributed by atoms with E-state index in [-0.39, 0.29) is 18.2 Å². The zero-order valence-electron chi connectivity index (χ0n) is 11.4. The van der Waals surface area contributed by atoms with Gasteiger partial charge in [-0.3, -0.25) is 0 Å². The number of carbonyl (C=O) groups is 1. The van der Waals surface area contributed by atoms with E-state index < -0.39 is 0 Å². The molecule has 2 rings (SSSR count). The summed E-state index contributed by atoms with van der Waals surface area (Å²) in [6, 6.07) is 0.0371. The first-order valence-corrected chi connectivity index (χ1v) is 7.51. The predicted octanol–water partition coefficient (Wildman–Crippen LogP) is 1.86. The molecule has 19 heavy (non-hydrogen) atoms. The topological polar surface area (TPSA) is 74.2 Å². The number of hydrogen-bond acceptors (Lipinski definition) is 4. The van der Waals surface area contributed by atoms with Gasteiger partial charge in [-0.25, -0.2) is 9.78 Å². The first-order chi connectivity index (χ1) is 9.04. The SMILES string of the molecule is Cc1nc(CNC(=O)NC2CCC(O)CC2)sc1C. The van der Waals surface area contributed by atoms with Crippen LogP contribution < -0.4 is 10.6 Å². The highest BCUT2D eigenvalue weighted by atomic mass is 32.1. The highest BCUT2D eigenvalue weighted by Gasteiger charge is 2.20. The molecular formula is C13H21N3O2S. The quantitative estimate of drug-likeness (QED) is 0.792. The second-order valence-electron chi connectivity index (χ2n) is 5.08. The molecule has 1 fully saturated rings. The van der Waals surface area contributed by atoms with Crippen LogP contribution in [0.2, 0.25) is 0 Å². The third-order valence-electron chi connectivity index (χ3n) is 3.50. The van der Waals surface area contributed by atoms with Crippen LogP contribution >= 0.6 is 11.3 Å². The summed E-state index contributed by atoms with van der Waals surface area (Å²) in [5, 5.41) is 16.1. The first kappa shape index (κ1) is 14.3. The molecule has 3 N–H and O–H groups in total. The summed E-state index contributed by atoms with van der Waals surface area (Å²) in [4.78, 5) is 17.3. The molecule has 1 aliphatic carbocycles. The van der Waals surface area contributed by atoms with Gasteiger partial charge in [0, 0.05) is 10.9 Å². The van der Waals surface area contributed by atoms with E-state index in [0.717, 1.165) is 36.4 Å². The van der Waals surface area contributed by atoms with Gasteiger partial charge < -0.3 is 15.7 Å². The number of aliphatic hydroxyl groups is 1. The summed E-state index contributed by atoms with van der Waals surface area (Å²) >= 11 is 1.62. The van der Waals surface area contributed by atoms with Crippen LogP contribution in [0.15, 0.2) is 0 Å². The van der Waals surface area contributed by atoms with Gasteiger partial charge >= 0.3 is 6.03 Å². The van der Waals surface area contributed by atoms with Crippen molar-refractivity contribution in [3.05, 3.63) is 15.6 Å². The van der Waals surface area contributed by atoms with Crippen molar-refractivity contribution in [3.8, 4) is 0 Å². The molecular weight excluding hydrogens is 262 g/mol. The van der Waals surface area contributed by atoms with E-state index in [1.807, 2.05) is 13.8 Å². The average molecular weight is 283 g/mol. The summed E-state index contributed by atoms with van der Waals surface area (Å²) < 4.78 is 0. The maximum Gasteiger partial charge on any atom is 0.315 e.